The molecule has 0 heterocycles. The van der Waals surface area contributed by atoms with Gasteiger partial charge in [0.15, 0.2) is 0 Å². The van der Waals surface area contributed by atoms with Gasteiger partial charge in [0.25, 0.3) is 10.3 Å². The van der Waals surface area contributed by atoms with Gasteiger partial charge in [-0.05, 0) is 24.4 Å². The summed E-state index contributed by atoms with van der Waals surface area (Å²) in [6.07, 6.45) is -0.0182. The van der Waals surface area contributed by atoms with Crippen molar-refractivity contribution in [3.63, 3.8) is 0 Å². The first kappa shape index (κ1) is 21.7. The molecule has 0 aromatic carbocycles. The Labute approximate surface area is 145 Å². The summed E-state index contributed by atoms with van der Waals surface area (Å²) in [5, 5.41) is 23.5. The van der Waals surface area contributed by atoms with Crippen molar-refractivity contribution in [1.29, 1.82) is 0 Å². The number of amides is 1. The van der Waals surface area contributed by atoms with Crippen LogP contribution in [0.3, 0.4) is 0 Å². The summed E-state index contributed by atoms with van der Waals surface area (Å²) in [4.78, 5) is 10.4. The molecule has 8 nitrogen and oxygen atoms in total. The van der Waals surface area contributed by atoms with Crippen LogP contribution in [0.1, 0.15) is 6.42 Å². The van der Waals surface area contributed by atoms with Gasteiger partial charge >= 0.3 is 51.4 Å². The zero-order valence-corrected chi connectivity index (χ0v) is 9.19. The van der Waals surface area contributed by atoms with Gasteiger partial charge in [-0.2, -0.15) is 0 Å². The van der Waals surface area contributed by atoms with E-state index in [1.165, 1.54) is 0 Å². The number of aliphatic hydroxyl groups excluding tert-OH is 3. The second-order valence-corrected chi connectivity index (χ2v) is 2.67. The fourth-order valence-electron chi connectivity index (χ4n) is 0.287. The van der Waals surface area contributed by atoms with Gasteiger partial charge in [-0.25, -0.2) is 5.84 Å². The summed E-state index contributed by atoms with van der Waals surface area (Å²) in [6, 6.07) is 0. The van der Waals surface area contributed by atoms with E-state index in [2.05, 4.69) is 30.3 Å². The Hall–Kier alpha value is 0.406. The zero-order valence-electron chi connectivity index (χ0n) is 7.56. The van der Waals surface area contributed by atoms with Crippen LogP contribution in [0.2, 0.25) is 0 Å². The Morgan fingerprint density at radius 2 is 1.62 bits per heavy atom. The molecule has 0 saturated carbocycles. The van der Waals surface area contributed by atoms with E-state index in [0.29, 0.717) is 0 Å². The van der Waals surface area contributed by atoms with Gasteiger partial charge < -0.3 is 15.3 Å². The van der Waals surface area contributed by atoms with Gasteiger partial charge in [0.05, 0.1) is 13.0 Å². The summed E-state index contributed by atoms with van der Waals surface area (Å²) in [5.41, 5.74) is 5.86. The Morgan fingerprint density at radius 3 is 1.88 bits per heavy atom. The normalized spacial score (nSPS) is 7.38. The molecule has 0 bridgehead atoms. The Kier molecular flexibility index (Phi) is 20.9. The van der Waals surface area contributed by atoms with Gasteiger partial charge in [0.1, 0.15) is 0 Å². The van der Waals surface area contributed by atoms with Gasteiger partial charge in [-0.15, -0.1) is 0 Å². The molecular formula is C5H13KN4O4S2. The maximum atomic E-state index is 10.4. The van der Waals surface area contributed by atoms with E-state index in [1.54, 1.807) is 0 Å². The molecule has 0 atom stereocenters. The number of nitrogens with one attached hydrogen (secondary N) is 3. The van der Waals surface area contributed by atoms with Crippen LogP contribution < -0.4 is 22.1 Å². The van der Waals surface area contributed by atoms with Crippen LogP contribution in [0.5, 0.6) is 0 Å². The second kappa shape index (κ2) is 15.4. The van der Waals surface area contributed by atoms with Crippen molar-refractivity contribution >= 4 is 92.1 Å². The number of nitrogens with two attached hydrogens (primary N) is 1. The van der Waals surface area contributed by atoms with E-state index >= 15 is 0 Å². The second-order valence-electron chi connectivity index (χ2n) is 1.90. The van der Waals surface area contributed by atoms with E-state index in [1.807, 2.05) is 16.3 Å². The third kappa shape index (κ3) is 23.9. The van der Waals surface area contributed by atoms with Crippen molar-refractivity contribution in [2.24, 2.45) is 5.84 Å². The quantitative estimate of drug-likeness (QED) is 0.127. The molecule has 0 fully saturated rings. The van der Waals surface area contributed by atoms with Crippen LogP contribution in [0.4, 0.5) is 0 Å². The number of hydrogen-bond donors (Lipinski definition) is 7. The van der Waals surface area contributed by atoms with Crippen molar-refractivity contribution < 1.29 is 20.1 Å². The number of thiocarbonyl (C=S) groups is 2. The molecule has 0 radical (unpaired) electrons. The third-order valence-electron chi connectivity index (χ3n) is 0.771. The van der Waals surface area contributed by atoms with Gasteiger partial charge in [0, 0.05) is 0 Å². The number of hydrogen-bond acceptors (Lipinski definition) is 5. The van der Waals surface area contributed by atoms with E-state index < -0.39 is 11.1 Å². The van der Waals surface area contributed by atoms with E-state index in [-0.39, 0.29) is 69.6 Å². The fraction of sp³-hybridized carbons (Fsp3) is 0.400. The molecule has 0 aliphatic rings. The van der Waals surface area contributed by atoms with Gasteiger partial charge in [0.2, 0.25) is 5.91 Å². The number of aliphatic hydroxyl groups is 3. The van der Waals surface area contributed by atoms with Crippen molar-refractivity contribution in [2.45, 2.75) is 6.42 Å². The maximum absolute atomic E-state index is 10.4. The number of carbonyl (C=O) groups is 1. The molecule has 16 heavy (non-hydrogen) atoms. The first-order valence-corrected chi connectivity index (χ1v) is 4.33. The van der Waals surface area contributed by atoms with Crippen molar-refractivity contribution in [1.82, 2.24) is 16.3 Å². The summed E-state index contributed by atoms with van der Waals surface area (Å²) in [5.74, 6) is 4.10. The monoisotopic (exact) mass is 296 g/mol. The molecule has 0 saturated heterocycles. The van der Waals surface area contributed by atoms with Crippen molar-refractivity contribution in [3.8, 4) is 0 Å². The molecule has 0 aliphatic heterocycles. The molecule has 0 spiro atoms. The molecular weight excluding hydrogens is 283 g/mol. The van der Waals surface area contributed by atoms with Crippen molar-refractivity contribution in [3.05, 3.63) is 0 Å². The molecule has 0 aliphatic carbocycles. The topological polar surface area (TPSA) is 140 Å². The van der Waals surface area contributed by atoms with Gasteiger partial charge in [-0.1, -0.05) is 0 Å². The summed E-state index contributed by atoms with van der Waals surface area (Å²) >= 11 is 8.18. The first-order valence-electron chi connectivity index (χ1n) is 3.52. The van der Waals surface area contributed by atoms with Crippen LogP contribution >= 0.6 is 24.4 Å². The standard InChI is InChI=1S/C4H8N2O3S.CH4N2OS.K.H/c7-2-1-3(8)5-6-4(9)10;2-3-1(4)5;;/h7H,1-2H2,(H,5,8)(H2,6,9,10);2H2,(H2,3,4,5);;. The van der Waals surface area contributed by atoms with Crippen LogP contribution in [-0.2, 0) is 4.79 Å². The van der Waals surface area contributed by atoms with Crippen LogP contribution in [0, 0.1) is 0 Å². The van der Waals surface area contributed by atoms with E-state index in [9.17, 15) is 4.79 Å². The van der Waals surface area contributed by atoms with Crippen molar-refractivity contribution in [2.75, 3.05) is 6.61 Å². The third-order valence-corrected chi connectivity index (χ3v) is 0.991. The molecule has 11 heteroatoms. The number of rotatable bonds is 2. The molecule has 0 unspecified atom stereocenters. The minimum absolute atomic E-state index is 0. The molecule has 1 amide bonds. The van der Waals surface area contributed by atoms with Crippen LogP contribution in [0.25, 0.3) is 0 Å². The van der Waals surface area contributed by atoms with Crippen LogP contribution in [-0.4, -0.2) is 89.6 Å². The minimum atomic E-state index is -0.508. The zero-order chi connectivity index (χ0) is 12.3. The van der Waals surface area contributed by atoms with Gasteiger partial charge in [-0.3, -0.25) is 21.1 Å². The predicted molar refractivity (Wildman–Crippen MR) is 67.9 cm³/mol. The fourth-order valence-corrected chi connectivity index (χ4v) is 0.338. The van der Waals surface area contributed by atoms with E-state index in [4.69, 9.17) is 15.3 Å². The summed E-state index contributed by atoms with van der Waals surface area (Å²) in [7, 11) is 0. The SMILES string of the molecule is NNC(O)=S.O=C(CCO)NNC(O)=S.[KH]. The molecule has 0 rings (SSSR count). The average molecular weight is 296 g/mol. The van der Waals surface area contributed by atoms with E-state index in [0.717, 1.165) is 0 Å². The number of carbonyl (C=O) groups excluding carboxylic acids is 1. The first-order chi connectivity index (χ1) is 6.93. The Bertz CT molecular complexity index is 230. The Balaban J connectivity index is -0.000000242. The average Bonchev–Trinajstić information content (AvgIpc) is 2.16. The number of hydrazine groups is 2. The summed E-state index contributed by atoms with van der Waals surface area (Å²) < 4.78 is 0. The summed E-state index contributed by atoms with van der Waals surface area (Å²) in [6.45, 7) is -0.230. The molecule has 0 aromatic rings. The molecule has 8 N–H and O–H groups in total. The predicted octanol–water partition coefficient (Wildman–Crippen LogP) is -2.52. The molecule has 0 aromatic heterocycles. The molecule has 90 valence electrons. The van der Waals surface area contributed by atoms with Crippen LogP contribution in [0.15, 0.2) is 0 Å². The Morgan fingerprint density at radius 1 is 1.19 bits per heavy atom.